The molecular weight excluding hydrogens is 153 g/mol. The van der Waals surface area contributed by atoms with E-state index in [2.05, 4.69) is 0 Å². The maximum Gasteiger partial charge on any atom is 0.115 e. The molecule has 64 valence electrons. The lowest BCUT2D eigenvalue weighted by Gasteiger charge is -2.01. The number of alkyl halides is 1. The average Bonchev–Trinajstić information content (AvgIpc) is 2.15. The molecule has 1 aromatic rings. The van der Waals surface area contributed by atoms with Gasteiger partial charge in [-0.1, -0.05) is 36.4 Å². The highest BCUT2D eigenvalue weighted by Gasteiger charge is 1.97. The molecule has 0 fully saturated rings. The highest BCUT2D eigenvalue weighted by molar-refractivity contribution is 5.66. The molecule has 0 aliphatic heterocycles. The van der Waals surface area contributed by atoms with Gasteiger partial charge in [-0.25, -0.2) is 4.39 Å². The number of allylic oxidation sites excluding steroid dienone is 1. The predicted octanol–water partition coefficient (Wildman–Crippen LogP) is 2.00. The minimum absolute atomic E-state index is 0.383. The Morgan fingerprint density at radius 1 is 1.33 bits per heavy atom. The van der Waals surface area contributed by atoms with E-state index in [4.69, 9.17) is 5.73 Å². The summed E-state index contributed by atoms with van der Waals surface area (Å²) in [6, 6.07) is 9.43. The van der Waals surface area contributed by atoms with Crippen LogP contribution in [0.4, 0.5) is 4.39 Å². The smallest absolute Gasteiger partial charge is 0.115 e. The largest absolute Gasteiger partial charge is 0.327 e. The van der Waals surface area contributed by atoms with E-state index in [0.29, 0.717) is 12.1 Å². The molecule has 0 amide bonds. The first-order chi connectivity index (χ1) is 5.88. The molecule has 0 saturated heterocycles. The SMILES string of the molecule is NCC=C(CF)c1ccccc1. The number of hydrogen-bond acceptors (Lipinski definition) is 1. The zero-order chi connectivity index (χ0) is 8.81. The summed E-state index contributed by atoms with van der Waals surface area (Å²) in [6.07, 6.45) is 1.70. The van der Waals surface area contributed by atoms with Gasteiger partial charge in [0, 0.05) is 6.54 Å². The summed E-state index contributed by atoms with van der Waals surface area (Å²) < 4.78 is 12.4. The Balaban J connectivity index is 2.88. The van der Waals surface area contributed by atoms with Crippen LogP contribution in [0.1, 0.15) is 5.56 Å². The maximum atomic E-state index is 12.4. The molecule has 0 saturated carbocycles. The van der Waals surface area contributed by atoms with E-state index in [1.54, 1.807) is 6.08 Å². The van der Waals surface area contributed by atoms with Gasteiger partial charge in [0.15, 0.2) is 0 Å². The summed E-state index contributed by atoms with van der Waals surface area (Å²) in [5.41, 5.74) is 6.87. The predicted molar refractivity (Wildman–Crippen MR) is 49.4 cm³/mol. The van der Waals surface area contributed by atoms with Crippen molar-refractivity contribution in [1.29, 1.82) is 0 Å². The second-order valence-corrected chi connectivity index (χ2v) is 2.46. The minimum atomic E-state index is -0.457. The van der Waals surface area contributed by atoms with Gasteiger partial charge in [0.25, 0.3) is 0 Å². The number of halogens is 1. The molecule has 1 rings (SSSR count). The molecule has 2 heteroatoms. The van der Waals surface area contributed by atoms with Crippen LogP contribution in [0.5, 0.6) is 0 Å². The number of nitrogens with two attached hydrogens (primary N) is 1. The van der Waals surface area contributed by atoms with Gasteiger partial charge in [-0.2, -0.15) is 0 Å². The first-order valence-corrected chi connectivity index (χ1v) is 3.89. The van der Waals surface area contributed by atoms with Crippen LogP contribution in [0.3, 0.4) is 0 Å². The molecule has 12 heavy (non-hydrogen) atoms. The Morgan fingerprint density at radius 3 is 2.50 bits per heavy atom. The Hall–Kier alpha value is -1.15. The highest BCUT2D eigenvalue weighted by Crippen LogP contribution is 2.13. The van der Waals surface area contributed by atoms with Crippen LogP contribution in [0.15, 0.2) is 36.4 Å². The maximum absolute atomic E-state index is 12.4. The van der Waals surface area contributed by atoms with Crippen molar-refractivity contribution in [3.05, 3.63) is 42.0 Å². The van der Waals surface area contributed by atoms with Gasteiger partial charge >= 0.3 is 0 Å². The van der Waals surface area contributed by atoms with E-state index in [1.807, 2.05) is 30.3 Å². The molecule has 0 radical (unpaired) electrons. The molecule has 0 unspecified atom stereocenters. The third kappa shape index (κ3) is 2.17. The van der Waals surface area contributed by atoms with Gasteiger partial charge in [0.05, 0.1) is 0 Å². The van der Waals surface area contributed by atoms with Crippen LogP contribution in [0.25, 0.3) is 5.57 Å². The Morgan fingerprint density at radius 2 is 2.00 bits per heavy atom. The first-order valence-electron chi connectivity index (χ1n) is 3.89. The molecule has 0 aromatic heterocycles. The second-order valence-electron chi connectivity index (χ2n) is 2.46. The van der Waals surface area contributed by atoms with Crippen molar-refractivity contribution in [3.63, 3.8) is 0 Å². The molecule has 0 spiro atoms. The van der Waals surface area contributed by atoms with Crippen molar-refractivity contribution in [2.24, 2.45) is 5.73 Å². The van der Waals surface area contributed by atoms with Gasteiger partial charge in [-0.15, -0.1) is 0 Å². The Labute approximate surface area is 71.7 Å². The first kappa shape index (κ1) is 8.94. The van der Waals surface area contributed by atoms with Crippen LogP contribution in [-0.4, -0.2) is 13.2 Å². The normalized spacial score (nSPS) is 11.7. The van der Waals surface area contributed by atoms with E-state index >= 15 is 0 Å². The molecule has 1 aromatic carbocycles. The topological polar surface area (TPSA) is 26.0 Å². The zero-order valence-corrected chi connectivity index (χ0v) is 6.83. The summed E-state index contributed by atoms with van der Waals surface area (Å²) in [5.74, 6) is 0. The van der Waals surface area contributed by atoms with Crippen LogP contribution >= 0.6 is 0 Å². The standard InChI is InChI=1S/C10H12FN/c11-8-10(6-7-12)9-4-2-1-3-5-9/h1-6H,7-8,12H2. The van der Waals surface area contributed by atoms with Crippen molar-refractivity contribution in [2.45, 2.75) is 0 Å². The average molecular weight is 165 g/mol. The van der Waals surface area contributed by atoms with E-state index in [-0.39, 0.29) is 0 Å². The lowest BCUT2D eigenvalue weighted by Crippen LogP contribution is -1.96. The Bertz CT molecular complexity index is 254. The lowest BCUT2D eigenvalue weighted by molar-refractivity contribution is 0.571. The van der Waals surface area contributed by atoms with E-state index < -0.39 is 6.67 Å². The molecule has 0 bridgehead atoms. The second kappa shape index (κ2) is 4.67. The number of hydrogen-bond donors (Lipinski definition) is 1. The lowest BCUT2D eigenvalue weighted by atomic mass is 10.1. The third-order valence-corrected chi connectivity index (χ3v) is 1.65. The van der Waals surface area contributed by atoms with E-state index in [0.717, 1.165) is 5.56 Å². The van der Waals surface area contributed by atoms with Crippen LogP contribution in [0.2, 0.25) is 0 Å². The van der Waals surface area contributed by atoms with Crippen LogP contribution < -0.4 is 5.73 Å². The number of rotatable bonds is 3. The monoisotopic (exact) mass is 165 g/mol. The van der Waals surface area contributed by atoms with Crippen molar-refractivity contribution in [2.75, 3.05) is 13.2 Å². The van der Waals surface area contributed by atoms with Crippen LogP contribution in [-0.2, 0) is 0 Å². The summed E-state index contributed by atoms with van der Waals surface area (Å²) in [7, 11) is 0. The fourth-order valence-corrected chi connectivity index (χ4v) is 1.04. The van der Waals surface area contributed by atoms with Crippen molar-refractivity contribution in [3.8, 4) is 0 Å². The van der Waals surface area contributed by atoms with Gasteiger partial charge in [0.2, 0.25) is 0 Å². The molecule has 0 aliphatic rings. The van der Waals surface area contributed by atoms with E-state index in [9.17, 15) is 4.39 Å². The van der Waals surface area contributed by atoms with Gasteiger partial charge in [0.1, 0.15) is 6.67 Å². The third-order valence-electron chi connectivity index (χ3n) is 1.65. The summed E-state index contributed by atoms with van der Waals surface area (Å²) in [6.45, 7) is -0.0740. The quantitative estimate of drug-likeness (QED) is 0.728. The minimum Gasteiger partial charge on any atom is -0.327 e. The highest BCUT2D eigenvalue weighted by atomic mass is 19.1. The van der Waals surface area contributed by atoms with E-state index in [1.165, 1.54) is 0 Å². The Kier molecular flexibility index (Phi) is 3.48. The summed E-state index contributed by atoms with van der Waals surface area (Å²) in [5, 5.41) is 0. The van der Waals surface area contributed by atoms with Gasteiger partial charge < -0.3 is 5.73 Å². The van der Waals surface area contributed by atoms with Crippen LogP contribution in [0, 0.1) is 0 Å². The summed E-state index contributed by atoms with van der Waals surface area (Å²) >= 11 is 0. The van der Waals surface area contributed by atoms with Crippen molar-refractivity contribution < 1.29 is 4.39 Å². The molecule has 0 atom stereocenters. The van der Waals surface area contributed by atoms with Crippen molar-refractivity contribution >= 4 is 5.57 Å². The molecule has 1 nitrogen and oxygen atoms in total. The fourth-order valence-electron chi connectivity index (χ4n) is 1.04. The molecule has 0 heterocycles. The zero-order valence-electron chi connectivity index (χ0n) is 6.83. The number of benzene rings is 1. The van der Waals surface area contributed by atoms with Gasteiger partial charge in [-0.3, -0.25) is 0 Å². The summed E-state index contributed by atoms with van der Waals surface area (Å²) in [4.78, 5) is 0. The molecular formula is C10H12FN. The van der Waals surface area contributed by atoms with Crippen molar-refractivity contribution in [1.82, 2.24) is 0 Å². The fraction of sp³-hybridized carbons (Fsp3) is 0.200. The molecule has 2 N–H and O–H groups in total. The van der Waals surface area contributed by atoms with Gasteiger partial charge in [-0.05, 0) is 11.1 Å². The molecule has 0 aliphatic carbocycles.